The molecule has 3 rings (SSSR count). The van der Waals surface area contributed by atoms with Gasteiger partial charge in [-0.3, -0.25) is 20.2 Å². The summed E-state index contributed by atoms with van der Waals surface area (Å²) in [5, 5.41) is 33.7. The van der Waals surface area contributed by atoms with Crippen LogP contribution in [0.3, 0.4) is 0 Å². The highest BCUT2D eigenvalue weighted by molar-refractivity contribution is 9.10. The Morgan fingerprint density at radius 1 is 1.00 bits per heavy atom. The van der Waals surface area contributed by atoms with E-state index in [1.807, 2.05) is 0 Å². The maximum atomic E-state index is 11.2. The minimum atomic E-state index is -0.731. The van der Waals surface area contributed by atoms with Gasteiger partial charge in [0.25, 0.3) is 5.69 Å². The number of nitro benzene ring substituents is 2. The number of tetrazole rings is 1. The third kappa shape index (κ3) is 2.96. The molecule has 120 valence electrons. The fourth-order valence-corrected chi connectivity index (χ4v) is 2.24. The maximum Gasteiger partial charge on any atom is 0.303 e. The van der Waals surface area contributed by atoms with E-state index in [1.54, 1.807) is 24.3 Å². The number of nitrogens with zero attached hydrogens (tertiary/aromatic N) is 6. The quantitative estimate of drug-likeness (QED) is 0.494. The second-order valence-electron chi connectivity index (χ2n) is 4.60. The topological polar surface area (TPSA) is 130 Å². The van der Waals surface area contributed by atoms with Crippen molar-refractivity contribution in [2.75, 3.05) is 0 Å². The van der Waals surface area contributed by atoms with E-state index in [1.165, 1.54) is 6.07 Å². The van der Waals surface area contributed by atoms with Crippen LogP contribution in [0.4, 0.5) is 11.4 Å². The predicted molar refractivity (Wildman–Crippen MR) is 85.6 cm³/mol. The lowest BCUT2D eigenvalue weighted by Crippen LogP contribution is -2.04. The number of aromatic nitrogens is 4. The molecule has 11 heteroatoms. The zero-order chi connectivity index (χ0) is 17.3. The third-order valence-electron chi connectivity index (χ3n) is 3.10. The summed E-state index contributed by atoms with van der Waals surface area (Å²) in [7, 11) is 0. The van der Waals surface area contributed by atoms with Gasteiger partial charge < -0.3 is 0 Å². The lowest BCUT2D eigenvalue weighted by atomic mass is 10.2. The molecule has 0 amide bonds. The number of benzene rings is 2. The van der Waals surface area contributed by atoms with Crippen LogP contribution in [-0.4, -0.2) is 30.1 Å². The molecule has 1 heterocycles. The van der Waals surface area contributed by atoms with Gasteiger partial charge in [0.2, 0.25) is 5.82 Å². The zero-order valence-corrected chi connectivity index (χ0v) is 13.3. The second kappa shape index (κ2) is 6.12. The van der Waals surface area contributed by atoms with Crippen molar-refractivity contribution in [1.82, 2.24) is 20.2 Å². The van der Waals surface area contributed by atoms with Crippen molar-refractivity contribution in [2.45, 2.75) is 0 Å². The van der Waals surface area contributed by atoms with Gasteiger partial charge in [-0.25, -0.2) is 0 Å². The molecule has 0 saturated heterocycles. The summed E-state index contributed by atoms with van der Waals surface area (Å²) < 4.78 is 0.879. The van der Waals surface area contributed by atoms with Crippen LogP contribution in [0, 0.1) is 20.2 Å². The molecular formula is C13H7BrN6O4. The predicted octanol–water partition coefficient (Wildman–Crippen LogP) is 2.91. The molecule has 0 radical (unpaired) electrons. The molecule has 10 nitrogen and oxygen atoms in total. The minimum Gasteiger partial charge on any atom is -0.258 e. The van der Waals surface area contributed by atoms with E-state index in [0.29, 0.717) is 5.56 Å². The van der Waals surface area contributed by atoms with Gasteiger partial charge in [0.05, 0.1) is 15.9 Å². The molecule has 3 aromatic rings. The molecule has 0 aliphatic heterocycles. The van der Waals surface area contributed by atoms with Crippen LogP contribution in [0.5, 0.6) is 0 Å². The lowest BCUT2D eigenvalue weighted by molar-refractivity contribution is -0.394. The van der Waals surface area contributed by atoms with Crippen LogP contribution in [0.15, 0.2) is 46.9 Å². The highest BCUT2D eigenvalue weighted by Crippen LogP contribution is 2.27. The van der Waals surface area contributed by atoms with Crippen LogP contribution < -0.4 is 0 Å². The lowest BCUT2D eigenvalue weighted by Gasteiger charge is -2.00. The van der Waals surface area contributed by atoms with Crippen LogP contribution >= 0.6 is 15.9 Å². The standard InChI is InChI=1S/C13H7BrN6O4/c14-9-3-1-8(2-4-9)13-15-17-18(16-13)11-6-5-10(19(21)22)7-12(11)20(23)24/h1-7H. The van der Waals surface area contributed by atoms with Gasteiger partial charge in [0.1, 0.15) is 0 Å². The number of non-ortho nitro benzene ring substituents is 1. The largest absolute Gasteiger partial charge is 0.303 e. The summed E-state index contributed by atoms with van der Waals surface area (Å²) in [6.07, 6.45) is 0. The summed E-state index contributed by atoms with van der Waals surface area (Å²) in [6.45, 7) is 0. The Morgan fingerprint density at radius 3 is 2.33 bits per heavy atom. The SMILES string of the molecule is O=[N+]([O-])c1ccc(-n2nnc(-c3ccc(Br)cc3)n2)c([N+](=O)[O-])c1. The Bertz CT molecular complexity index is 940. The molecule has 0 atom stereocenters. The molecule has 0 aliphatic carbocycles. The van der Waals surface area contributed by atoms with Crippen molar-refractivity contribution in [3.05, 3.63) is 67.2 Å². The highest BCUT2D eigenvalue weighted by Gasteiger charge is 2.22. The normalized spacial score (nSPS) is 10.5. The maximum absolute atomic E-state index is 11.2. The van der Waals surface area contributed by atoms with E-state index in [9.17, 15) is 20.2 Å². The average Bonchev–Trinajstić information content (AvgIpc) is 3.04. The van der Waals surface area contributed by atoms with Crippen molar-refractivity contribution in [1.29, 1.82) is 0 Å². The first-order valence-electron chi connectivity index (χ1n) is 6.45. The Morgan fingerprint density at radius 2 is 1.71 bits per heavy atom. The number of rotatable bonds is 4. The molecular weight excluding hydrogens is 384 g/mol. The molecule has 0 aliphatic rings. The Balaban J connectivity index is 2.05. The van der Waals surface area contributed by atoms with Crippen LogP contribution in [0.2, 0.25) is 0 Å². The van der Waals surface area contributed by atoms with E-state index in [2.05, 4.69) is 31.3 Å². The Kier molecular flexibility index (Phi) is 4.00. The van der Waals surface area contributed by atoms with Gasteiger partial charge in [-0.15, -0.1) is 15.0 Å². The van der Waals surface area contributed by atoms with Crippen LogP contribution in [-0.2, 0) is 0 Å². The molecule has 0 fully saturated rings. The van der Waals surface area contributed by atoms with Crippen molar-refractivity contribution < 1.29 is 9.85 Å². The molecule has 24 heavy (non-hydrogen) atoms. The summed E-state index contributed by atoms with van der Waals surface area (Å²) in [4.78, 5) is 21.5. The number of hydrogen-bond donors (Lipinski definition) is 0. The molecule has 0 unspecified atom stereocenters. The first kappa shape index (κ1) is 15.7. The molecule has 1 aromatic heterocycles. The zero-order valence-electron chi connectivity index (χ0n) is 11.7. The van der Waals surface area contributed by atoms with Gasteiger partial charge in [0, 0.05) is 16.1 Å². The number of hydrogen-bond acceptors (Lipinski definition) is 7. The average molecular weight is 391 g/mol. The second-order valence-corrected chi connectivity index (χ2v) is 5.51. The van der Waals surface area contributed by atoms with E-state index >= 15 is 0 Å². The highest BCUT2D eigenvalue weighted by atomic mass is 79.9. The van der Waals surface area contributed by atoms with Gasteiger partial charge in [-0.05, 0) is 35.5 Å². The summed E-state index contributed by atoms with van der Waals surface area (Å²) in [5.41, 5.74) is -0.210. The Labute approximate surface area is 142 Å². The summed E-state index contributed by atoms with van der Waals surface area (Å²) in [5.74, 6) is 0.273. The van der Waals surface area contributed by atoms with Crippen LogP contribution in [0.25, 0.3) is 17.1 Å². The molecule has 2 aromatic carbocycles. The van der Waals surface area contributed by atoms with Crippen molar-refractivity contribution >= 4 is 27.3 Å². The number of halogens is 1. The van der Waals surface area contributed by atoms with E-state index < -0.39 is 21.2 Å². The smallest absolute Gasteiger partial charge is 0.258 e. The fourth-order valence-electron chi connectivity index (χ4n) is 1.97. The third-order valence-corrected chi connectivity index (χ3v) is 3.63. The fraction of sp³-hybridized carbons (Fsp3) is 0. The van der Waals surface area contributed by atoms with Crippen molar-refractivity contribution in [2.24, 2.45) is 0 Å². The monoisotopic (exact) mass is 390 g/mol. The Hall–Kier alpha value is -3.21. The van der Waals surface area contributed by atoms with E-state index in [0.717, 1.165) is 21.4 Å². The van der Waals surface area contributed by atoms with Gasteiger partial charge in [-0.2, -0.15) is 0 Å². The van der Waals surface area contributed by atoms with E-state index in [-0.39, 0.29) is 11.5 Å². The van der Waals surface area contributed by atoms with Gasteiger partial charge in [-0.1, -0.05) is 15.9 Å². The van der Waals surface area contributed by atoms with Crippen LogP contribution in [0.1, 0.15) is 0 Å². The van der Waals surface area contributed by atoms with Gasteiger partial charge in [0.15, 0.2) is 5.69 Å². The van der Waals surface area contributed by atoms with Crippen molar-refractivity contribution in [3.63, 3.8) is 0 Å². The van der Waals surface area contributed by atoms with Crippen molar-refractivity contribution in [3.8, 4) is 17.1 Å². The first-order chi connectivity index (χ1) is 11.5. The molecule has 0 N–H and O–H groups in total. The number of nitro groups is 2. The molecule has 0 saturated carbocycles. The first-order valence-corrected chi connectivity index (χ1v) is 7.24. The van der Waals surface area contributed by atoms with E-state index in [4.69, 9.17) is 0 Å². The summed E-state index contributed by atoms with van der Waals surface area (Å²) in [6, 6.07) is 10.3. The van der Waals surface area contributed by atoms with Gasteiger partial charge >= 0.3 is 5.69 Å². The molecule has 0 spiro atoms. The molecule has 0 bridgehead atoms. The minimum absolute atomic E-state index is 0.0125. The summed E-state index contributed by atoms with van der Waals surface area (Å²) >= 11 is 3.31.